The van der Waals surface area contributed by atoms with Gasteiger partial charge in [0.2, 0.25) is 0 Å². The SMILES string of the molecule is Cc1ccc(NC(=O)c2cccc(C(C)(F)F)c2)cc1-c1cc2cnc(CCCCN)cc2n(C)c1=O. The molecule has 2 heterocycles. The Labute approximate surface area is 214 Å². The van der Waals surface area contributed by atoms with Gasteiger partial charge in [-0.2, -0.15) is 0 Å². The number of nitrogens with two attached hydrogens (primary N) is 1. The maximum atomic E-state index is 13.7. The van der Waals surface area contributed by atoms with Crippen molar-refractivity contribution >= 4 is 22.5 Å². The van der Waals surface area contributed by atoms with Gasteiger partial charge < -0.3 is 15.6 Å². The molecule has 2 aromatic carbocycles. The molecule has 0 fully saturated rings. The van der Waals surface area contributed by atoms with Crippen molar-refractivity contribution in [2.75, 3.05) is 11.9 Å². The van der Waals surface area contributed by atoms with Crippen LogP contribution in [0, 0.1) is 6.92 Å². The number of alkyl halides is 2. The number of aryl methyl sites for hydroxylation is 3. The van der Waals surface area contributed by atoms with Crippen molar-refractivity contribution in [2.45, 2.75) is 39.0 Å². The molecule has 192 valence electrons. The van der Waals surface area contributed by atoms with Crippen LogP contribution in [0.1, 0.15) is 46.9 Å². The number of amides is 1. The Kier molecular flexibility index (Phi) is 7.50. The Hall–Kier alpha value is -3.91. The second-order valence-electron chi connectivity index (χ2n) is 9.36. The zero-order chi connectivity index (χ0) is 26.7. The number of pyridine rings is 2. The van der Waals surface area contributed by atoms with E-state index >= 15 is 0 Å². The number of fused-ring (bicyclic) bond motifs is 1. The Bertz CT molecular complexity index is 1520. The van der Waals surface area contributed by atoms with Gasteiger partial charge in [-0.1, -0.05) is 18.2 Å². The lowest BCUT2D eigenvalue weighted by Crippen LogP contribution is -2.20. The summed E-state index contributed by atoms with van der Waals surface area (Å²) in [5.74, 6) is -3.57. The summed E-state index contributed by atoms with van der Waals surface area (Å²) >= 11 is 0. The van der Waals surface area contributed by atoms with Crippen LogP contribution >= 0.6 is 0 Å². The van der Waals surface area contributed by atoms with Gasteiger partial charge in [-0.3, -0.25) is 14.6 Å². The molecule has 0 atom stereocenters. The number of anilines is 1. The highest BCUT2D eigenvalue weighted by atomic mass is 19.3. The second kappa shape index (κ2) is 10.6. The molecule has 0 spiro atoms. The van der Waals surface area contributed by atoms with Gasteiger partial charge in [0.15, 0.2) is 0 Å². The summed E-state index contributed by atoms with van der Waals surface area (Å²) in [5, 5.41) is 3.59. The Balaban J connectivity index is 1.67. The number of halogens is 2. The van der Waals surface area contributed by atoms with Gasteiger partial charge >= 0.3 is 0 Å². The Morgan fingerprint density at radius 1 is 1.08 bits per heavy atom. The highest BCUT2D eigenvalue weighted by Gasteiger charge is 2.25. The van der Waals surface area contributed by atoms with Crippen LogP contribution in [-0.4, -0.2) is 22.0 Å². The molecule has 0 aliphatic carbocycles. The van der Waals surface area contributed by atoms with Gasteiger partial charge in [0.1, 0.15) is 0 Å². The number of benzene rings is 2. The summed E-state index contributed by atoms with van der Waals surface area (Å²) in [6.45, 7) is 3.31. The summed E-state index contributed by atoms with van der Waals surface area (Å²) in [6.07, 6.45) is 4.42. The van der Waals surface area contributed by atoms with Gasteiger partial charge in [0, 0.05) is 53.6 Å². The molecule has 0 unspecified atom stereocenters. The van der Waals surface area contributed by atoms with E-state index in [0.29, 0.717) is 23.4 Å². The number of hydrogen-bond donors (Lipinski definition) is 2. The average molecular weight is 505 g/mol. The molecule has 0 aliphatic rings. The highest BCUT2D eigenvalue weighted by molar-refractivity contribution is 6.04. The van der Waals surface area contributed by atoms with Crippen molar-refractivity contribution in [1.82, 2.24) is 9.55 Å². The van der Waals surface area contributed by atoms with Gasteiger partial charge in [-0.25, -0.2) is 8.78 Å². The molecule has 0 aliphatic heterocycles. The van der Waals surface area contributed by atoms with Crippen molar-refractivity contribution in [1.29, 1.82) is 0 Å². The van der Waals surface area contributed by atoms with Gasteiger partial charge in [0.05, 0.1) is 5.52 Å². The monoisotopic (exact) mass is 504 g/mol. The molecule has 0 saturated carbocycles. The lowest BCUT2D eigenvalue weighted by molar-refractivity contribution is 0.0174. The molecule has 6 nitrogen and oxygen atoms in total. The zero-order valence-corrected chi connectivity index (χ0v) is 21.1. The smallest absolute Gasteiger partial charge is 0.270 e. The third-order valence-corrected chi connectivity index (χ3v) is 6.47. The van der Waals surface area contributed by atoms with E-state index in [1.54, 1.807) is 29.9 Å². The van der Waals surface area contributed by atoms with E-state index in [9.17, 15) is 18.4 Å². The molecular formula is C29H30F2N4O2. The molecule has 2 aromatic heterocycles. The molecule has 4 rings (SSSR count). The maximum absolute atomic E-state index is 13.7. The van der Waals surface area contributed by atoms with Crippen molar-refractivity contribution in [3.8, 4) is 11.1 Å². The third kappa shape index (κ3) is 5.75. The topological polar surface area (TPSA) is 90.0 Å². The molecule has 8 heteroatoms. The number of carbonyl (C=O) groups excluding carboxylic acids is 1. The van der Waals surface area contributed by atoms with E-state index in [-0.39, 0.29) is 16.7 Å². The molecule has 0 bridgehead atoms. The summed E-state index contributed by atoms with van der Waals surface area (Å²) in [4.78, 5) is 30.7. The van der Waals surface area contributed by atoms with E-state index < -0.39 is 11.8 Å². The highest BCUT2D eigenvalue weighted by Crippen LogP contribution is 2.29. The van der Waals surface area contributed by atoms with Gasteiger partial charge in [-0.05, 0) is 80.3 Å². The van der Waals surface area contributed by atoms with Crippen LogP contribution in [0.5, 0.6) is 0 Å². The molecular weight excluding hydrogens is 474 g/mol. The number of nitrogens with one attached hydrogen (secondary N) is 1. The summed E-state index contributed by atoms with van der Waals surface area (Å²) < 4.78 is 29.0. The Morgan fingerprint density at radius 3 is 2.59 bits per heavy atom. The lowest BCUT2D eigenvalue weighted by atomic mass is 9.99. The fraction of sp³-hybridized carbons (Fsp3) is 0.276. The zero-order valence-electron chi connectivity index (χ0n) is 21.1. The number of hydrogen-bond acceptors (Lipinski definition) is 4. The second-order valence-corrected chi connectivity index (χ2v) is 9.36. The quantitative estimate of drug-likeness (QED) is 0.308. The molecule has 0 radical (unpaired) electrons. The van der Waals surface area contributed by atoms with Crippen LogP contribution in [0.4, 0.5) is 14.5 Å². The number of unbranched alkanes of at least 4 members (excludes halogenated alkanes) is 1. The van der Waals surface area contributed by atoms with Crippen molar-refractivity contribution < 1.29 is 13.6 Å². The van der Waals surface area contributed by atoms with E-state index in [1.807, 2.05) is 25.1 Å². The largest absolute Gasteiger partial charge is 0.330 e. The number of aromatic nitrogens is 2. The van der Waals surface area contributed by atoms with E-state index in [4.69, 9.17) is 5.73 Å². The fourth-order valence-electron chi connectivity index (χ4n) is 4.31. The maximum Gasteiger partial charge on any atom is 0.270 e. The summed E-state index contributed by atoms with van der Waals surface area (Å²) in [6, 6.07) is 14.4. The first-order valence-electron chi connectivity index (χ1n) is 12.2. The fourth-order valence-corrected chi connectivity index (χ4v) is 4.31. The van der Waals surface area contributed by atoms with Crippen LogP contribution in [0.2, 0.25) is 0 Å². The van der Waals surface area contributed by atoms with Gasteiger partial charge in [-0.15, -0.1) is 0 Å². The average Bonchev–Trinajstić information content (AvgIpc) is 2.87. The summed E-state index contributed by atoms with van der Waals surface area (Å²) in [5.41, 5.74) is 9.46. The number of nitrogens with zero attached hydrogens (tertiary/aromatic N) is 2. The molecule has 1 amide bonds. The molecule has 3 N–H and O–H groups in total. The van der Waals surface area contributed by atoms with Crippen LogP contribution < -0.4 is 16.6 Å². The third-order valence-electron chi connectivity index (χ3n) is 6.47. The normalized spacial score (nSPS) is 11.6. The van der Waals surface area contributed by atoms with Crippen LogP contribution in [0.15, 0.2) is 65.6 Å². The lowest BCUT2D eigenvalue weighted by Gasteiger charge is -2.14. The van der Waals surface area contributed by atoms with E-state index in [1.165, 1.54) is 24.3 Å². The van der Waals surface area contributed by atoms with Crippen LogP contribution in [0.25, 0.3) is 22.0 Å². The first-order valence-corrected chi connectivity index (χ1v) is 12.2. The van der Waals surface area contributed by atoms with E-state index in [2.05, 4.69) is 10.3 Å². The van der Waals surface area contributed by atoms with Crippen molar-refractivity contribution in [2.24, 2.45) is 12.8 Å². The standard InChI is InChI=1S/C29H30F2N4O2/c1-18-10-11-23(34-27(36)19-7-6-8-21(13-19)29(2,30)31)15-24(18)25-14-20-17-33-22(9-4-5-12-32)16-26(20)35(3)28(25)37/h6-8,10-11,13-17H,4-5,9,12,32H2,1-3H3,(H,34,36). The predicted octanol–water partition coefficient (Wildman–Crippen LogP) is 5.55. The molecule has 4 aromatic rings. The number of carbonyl (C=O) groups is 1. The van der Waals surface area contributed by atoms with Crippen molar-refractivity contribution in [3.63, 3.8) is 0 Å². The minimum atomic E-state index is -3.05. The predicted molar refractivity (Wildman–Crippen MR) is 143 cm³/mol. The van der Waals surface area contributed by atoms with Crippen LogP contribution in [0.3, 0.4) is 0 Å². The molecule has 37 heavy (non-hydrogen) atoms. The van der Waals surface area contributed by atoms with Gasteiger partial charge in [0.25, 0.3) is 17.4 Å². The first kappa shape index (κ1) is 26.2. The first-order chi connectivity index (χ1) is 17.6. The molecule has 0 saturated heterocycles. The van der Waals surface area contributed by atoms with E-state index in [0.717, 1.165) is 48.3 Å². The minimum absolute atomic E-state index is 0.121. The number of rotatable bonds is 8. The van der Waals surface area contributed by atoms with Crippen molar-refractivity contribution in [3.05, 3.63) is 93.5 Å². The summed E-state index contributed by atoms with van der Waals surface area (Å²) in [7, 11) is 1.73. The van der Waals surface area contributed by atoms with Crippen LogP contribution in [-0.2, 0) is 19.4 Å². The minimum Gasteiger partial charge on any atom is -0.330 e. The Morgan fingerprint density at radius 2 is 1.86 bits per heavy atom.